The van der Waals surface area contributed by atoms with Gasteiger partial charge in [0, 0.05) is 22.6 Å². The zero-order valence-electron chi connectivity index (χ0n) is 23.4. The number of ether oxygens (including phenoxy) is 3. The van der Waals surface area contributed by atoms with Crippen molar-refractivity contribution in [3.8, 4) is 34.4 Å². The fourth-order valence-corrected chi connectivity index (χ4v) is 5.56. The molecule has 218 valence electrons. The lowest BCUT2D eigenvalue weighted by Crippen LogP contribution is -2.25. The lowest BCUT2D eigenvalue weighted by atomic mass is 9.96. The van der Waals surface area contributed by atoms with Crippen LogP contribution < -0.4 is 4.74 Å². The number of thioether (sulfide) groups is 1. The third-order valence-electron chi connectivity index (χ3n) is 6.73. The molecule has 1 fully saturated rings. The normalized spacial score (nSPS) is 16.4. The fraction of sp³-hybridized carbons (Fsp3) is 0.323. The van der Waals surface area contributed by atoms with Crippen molar-refractivity contribution in [2.45, 2.75) is 56.5 Å². The number of benzene rings is 2. The van der Waals surface area contributed by atoms with Crippen LogP contribution in [0.1, 0.15) is 42.1 Å². The molecule has 7 nitrogen and oxygen atoms in total. The summed E-state index contributed by atoms with van der Waals surface area (Å²) >= 11 is 1.01. The van der Waals surface area contributed by atoms with E-state index < -0.39 is 17.7 Å². The molecule has 0 amide bonds. The van der Waals surface area contributed by atoms with Crippen molar-refractivity contribution in [2.24, 2.45) is 0 Å². The highest BCUT2D eigenvalue weighted by Gasteiger charge is 2.40. The van der Waals surface area contributed by atoms with Crippen LogP contribution in [0.4, 0.5) is 13.2 Å². The van der Waals surface area contributed by atoms with Crippen LogP contribution in [0.3, 0.4) is 0 Å². The van der Waals surface area contributed by atoms with Gasteiger partial charge in [-0.2, -0.15) is 18.4 Å². The maximum Gasteiger partial charge on any atom is 0.451 e. The zero-order chi connectivity index (χ0) is 30.1. The number of aromatic nitrogens is 2. The number of hydrogen-bond acceptors (Lipinski definition) is 8. The van der Waals surface area contributed by atoms with Crippen LogP contribution >= 0.6 is 11.8 Å². The molecule has 2 aromatic carbocycles. The van der Waals surface area contributed by atoms with Crippen molar-refractivity contribution in [3.05, 3.63) is 82.9 Å². The Morgan fingerprint density at radius 2 is 1.76 bits per heavy atom. The molecule has 11 heteroatoms. The third kappa shape index (κ3) is 6.46. The smallest absolute Gasteiger partial charge is 0.451 e. The third-order valence-corrected chi connectivity index (χ3v) is 7.72. The Hall–Kier alpha value is -3.85. The molecule has 0 aliphatic carbocycles. The van der Waals surface area contributed by atoms with Crippen LogP contribution in [-0.2, 0) is 21.4 Å². The maximum atomic E-state index is 13.8. The summed E-state index contributed by atoms with van der Waals surface area (Å²) in [4.78, 5) is 8.71. The van der Waals surface area contributed by atoms with Gasteiger partial charge in [0.2, 0.25) is 11.7 Å². The van der Waals surface area contributed by atoms with E-state index in [0.717, 1.165) is 22.9 Å². The van der Waals surface area contributed by atoms with Gasteiger partial charge in [-0.15, -0.1) is 0 Å². The van der Waals surface area contributed by atoms with Gasteiger partial charge >= 0.3 is 6.18 Å². The minimum absolute atomic E-state index is 0.120. The van der Waals surface area contributed by atoms with E-state index in [2.05, 4.69) is 16.0 Å². The summed E-state index contributed by atoms with van der Waals surface area (Å²) in [6, 6.07) is 17.9. The number of halogens is 3. The molecule has 0 radical (unpaired) electrons. The minimum Gasteiger partial charge on any atom is -0.491 e. The second-order valence-electron chi connectivity index (χ2n) is 10.2. The van der Waals surface area contributed by atoms with Gasteiger partial charge in [0.25, 0.3) is 0 Å². The molecule has 0 N–H and O–H groups in total. The van der Waals surface area contributed by atoms with Gasteiger partial charge in [0.15, 0.2) is 5.79 Å². The monoisotopic (exact) mass is 595 g/mol. The molecule has 1 saturated heterocycles. The zero-order valence-corrected chi connectivity index (χ0v) is 24.2. The van der Waals surface area contributed by atoms with Crippen LogP contribution in [0.2, 0.25) is 0 Å². The summed E-state index contributed by atoms with van der Waals surface area (Å²) in [5.41, 5.74) is 3.32. The van der Waals surface area contributed by atoms with Crippen LogP contribution in [0.15, 0.2) is 64.0 Å². The average Bonchev–Trinajstić information content (AvgIpc) is 3.56. The summed E-state index contributed by atoms with van der Waals surface area (Å²) in [6.45, 7) is 8.14. The highest BCUT2D eigenvalue weighted by Crippen LogP contribution is 2.40. The molecule has 5 rings (SSSR count). The van der Waals surface area contributed by atoms with E-state index in [-0.39, 0.29) is 29.0 Å². The molecule has 1 aliphatic heterocycles. The Kier molecular flexibility index (Phi) is 8.32. The van der Waals surface area contributed by atoms with Crippen LogP contribution in [0.25, 0.3) is 22.6 Å². The minimum atomic E-state index is -4.73. The number of alkyl halides is 3. The van der Waals surface area contributed by atoms with Crippen molar-refractivity contribution < 1.29 is 31.8 Å². The Morgan fingerprint density at radius 1 is 1.05 bits per heavy atom. The van der Waals surface area contributed by atoms with E-state index in [1.807, 2.05) is 32.9 Å². The first-order valence-electron chi connectivity index (χ1n) is 13.2. The average molecular weight is 596 g/mol. The van der Waals surface area contributed by atoms with Gasteiger partial charge in [-0.25, -0.2) is 9.97 Å². The molecule has 1 atom stereocenters. The summed E-state index contributed by atoms with van der Waals surface area (Å²) in [7, 11) is 0. The SMILES string of the molecule is Cc1nc(SCc2nc(-c3ccccc3)oc2C(F)(F)F)c(C#N)c(-c2ccc(OC[C@@H]3COC(C)(C)O3)cc2)c1C. The number of hydrogen-bond donors (Lipinski definition) is 0. The number of oxazole rings is 1. The number of rotatable bonds is 8. The summed E-state index contributed by atoms with van der Waals surface area (Å²) in [5.74, 6) is -1.48. The Balaban J connectivity index is 1.39. The molecule has 3 heterocycles. The van der Waals surface area contributed by atoms with E-state index in [0.29, 0.717) is 40.8 Å². The van der Waals surface area contributed by atoms with E-state index in [4.69, 9.17) is 18.6 Å². The number of nitrogens with zero attached hydrogens (tertiary/aromatic N) is 3. The van der Waals surface area contributed by atoms with Gasteiger partial charge in [-0.05, 0) is 63.1 Å². The first-order chi connectivity index (χ1) is 19.9. The predicted molar refractivity (Wildman–Crippen MR) is 151 cm³/mol. The molecule has 2 aromatic heterocycles. The van der Waals surface area contributed by atoms with Crippen LogP contribution in [0, 0.1) is 25.2 Å². The molecular formula is C31H28F3N3O4S. The van der Waals surface area contributed by atoms with Crippen molar-refractivity contribution >= 4 is 11.8 Å². The lowest BCUT2D eigenvalue weighted by molar-refractivity contribution is -0.153. The number of aryl methyl sites for hydroxylation is 1. The molecule has 0 unspecified atom stereocenters. The van der Waals surface area contributed by atoms with Crippen LogP contribution in [-0.4, -0.2) is 35.1 Å². The summed E-state index contributed by atoms with van der Waals surface area (Å²) in [5, 5.41) is 10.5. The topological polar surface area (TPSA) is 90.4 Å². The quantitative estimate of drug-likeness (QED) is 0.191. The standard InChI is InChI=1S/C31H28F3N3O4S/c1-18-19(2)36-29(42-17-25-27(31(32,33)34)40-28(37-25)21-8-6-5-7-9-21)24(14-35)26(18)20-10-12-22(13-11-20)38-15-23-16-39-30(3,4)41-23/h5-13,23H,15-17H2,1-4H3/t23-/m1/s1. The first kappa shape index (κ1) is 29.6. The number of pyridine rings is 1. The molecule has 4 aromatic rings. The second kappa shape index (κ2) is 11.8. The summed E-state index contributed by atoms with van der Waals surface area (Å²) < 4.78 is 63.9. The van der Waals surface area contributed by atoms with Crippen molar-refractivity contribution in [3.63, 3.8) is 0 Å². The van der Waals surface area contributed by atoms with Crippen LogP contribution in [0.5, 0.6) is 5.75 Å². The van der Waals surface area contributed by atoms with E-state index >= 15 is 0 Å². The van der Waals surface area contributed by atoms with Crippen molar-refractivity contribution in [1.29, 1.82) is 5.26 Å². The molecule has 0 spiro atoms. The lowest BCUT2D eigenvalue weighted by Gasteiger charge is -2.17. The Labute approximate surface area is 245 Å². The number of nitriles is 1. The van der Waals surface area contributed by atoms with Gasteiger partial charge in [0.05, 0.1) is 12.2 Å². The molecule has 1 aliphatic rings. The highest BCUT2D eigenvalue weighted by atomic mass is 32.2. The highest BCUT2D eigenvalue weighted by molar-refractivity contribution is 7.98. The maximum absolute atomic E-state index is 13.8. The molecule has 42 heavy (non-hydrogen) atoms. The predicted octanol–water partition coefficient (Wildman–Crippen LogP) is 7.73. The van der Waals surface area contributed by atoms with Crippen molar-refractivity contribution in [1.82, 2.24) is 9.97 Å². The first-order valence-corrected chi connectivity index (χ1v) is 14.1. The second-order valence-corrected chi connectivity index (χ2v) is 11.2. The molecular weight excluding hydrogens is 567 g/mol. The van der Waals surface area contributed by atoms with E-state index in [1.54, 1.807) is 49.4 Å². The van der Waals surface area contributed by atoms with Gasteiger partial charge in [-0.3, -0.25) is 0 Å². The van der Waals surface area contributed by atoms with E-state index in [1.165, 1.54) is 0 Å². The molecule has 0 saturated carbocycles. The van der Waals surface area contributed by atoms with Gasteiger partial charge in [0.1, 0.15) is 35.2 Å². The van der Waals surface area contributed by atoms with E-state index in [9.17, 15) is 18.4 Å². The van der Waals surface area contributed by atoms with Gasteiger partial charge < -0.3 is 18.6 Å². The largest absolute Gasteiger partial charge is 0.491 e. The Morgan fingerprint density at radius 3 is 2.38 bits per heavy atom. The molecule has 0 bridgehead atoms. The Bertz CT molecular complexity index is 1610. The fourth-order valence-electron chi connectivity index (χ4n) is 4.60. The summed E-state index contributed by atoms with van der Waals surface area (Å²) in [6.07, 6.45) is -4.91. The van der Waals surface area contributed by atoms with Gasteiger partial charge in [-0.1, -0.05) is 42.1 Å². The van der Waals surface area contributed by atoms with Crippen molar-refractivity contribution in [2.75, 3.05) is 13.2 Å².